The van der Waals surface area contributed by atoms with Crippen LogP contribution in [0.25, 0.3) is 0 Å². The van der Waals surface area contributed by atoms with E-state index in [1.807, 2.05) is 0 Å². The number of phenolic OH excluding ortho intramolecular Hbond substituents is 1. The highest BCUT2D eigenvalue weighted by Gasteiger charge is 2.77. The molecule has 0 unspecified atom stereocenters. The van der Waals surface area contributed by atoms with Crippen molar-refractivity contribution in [2.24, 2.45) is 17.8 Å². The zero-order valence-corrected chi connectivity index (χ0v) is 26.3. The van der Waals surface area contributed by atoms with Crippen LogP contribution >= 0.6 is 34.5 Å². The quantitative estimate of drug-likeness (QED) is 0.0867. The Kier molecular flexibility index (Phi) is 7.16. The molecule has 47 heavy (non-hydrogen) atoms. The van der Waals surface area contributed by atoms with E-state index >= 15 is 8.78 Å². The summed E-state index contributed by atoms with van der Waals surface area (Å²) in [5, 5.41) is 12.0. The second-order valence-corrected chi connectivity index (χ2v) is 14.4. The molecule has 6 atom stereocenters. The Hall–Kier alpha value is -3.81. The van der Waals surface area contributed by atoms with E-state index in [0.29, 0.717) is 11.1 Å². The molecule has 7 rings (SSSR count). The van der Waals surface area contributed by atoms with Crippen molar-refractivity contribution in [3.8, 4) is 5.75 Å². The molecule has 0 bridgehead atoms. The number of alkyl halides is 2. The van der Waals surface area contributed by atoms with Gasteiger partial charge in [0.2, 0.25) is 17.6 Å². The zero-order valence-electron chi connectivity index (χ0n) is 24.0. The number of hydrogen-bond acceptors (Lipinski definition) is 6. The minimum Gasteiger partial charge on any atom is -0.508 e. The van der Waals surface area contributed by atoms with Crippen molar-refractivity contribution in [1.29, 1.82) is 0 Å². The number of imide groups is 2. The van der Waals surface area contributed by atoms with Gasteiger partial charge in [-0.1, -0.05) is 29.8 Å². The van der Waals surface area contributed by atoms with E-state index in [1.54, 1.807) is 23.6 Å². The number of hydrogen-bond donors (Lipinski definition) is 1. The van der Waals surface area contributed by atoms with Crippen molar-refractivity contribution in [3.05, 3.63) is 92.5 Å². The molecule has 3 heterocycles. The van der Waals surface area contributed by atoms with E-state index in [9.17, 15) is 37.5 Å². The first-order chi connectivity index (χ1) is 22.1. The zero-order chi connectivity index (χ0) is 33.9. The fourth-order valence-electron chi connectivity index (χ4n) is 7.58. The highest BCUT2D eigenvalue weighted by atomic mass is 35.5. The molecule has 0 spiro atoms. The topological polar surface area (TPSA) is 95.0 Å². The summed E-state index contributed by atoms with van der Waals surface area (Å²) in [6.07, 6.45) is 1.08. The molecule has 3 fully saturated rings. The number of carbonyl (C=O) groups excluding carboxylic acids is 4. The maximum Gasteiger partial charge on any atom is 0.258 e. The minimum absolute atomic E-state index is 0.00186. The van der Waals surface area contributed by atoms with Gasteiger partial charge in [0.15, 0.2) is 33.0 Å². The second kappa shape index (κ2) is 10.6. The Morgan fingerprint density at radius 1 is 0.915 bits per heavy atom. The fraction of sp³-hybridized carbons (Fsp3) is 0.312. The lowest BCUT2D eigenvalue weighted by molar-refractivity contribution is -0.141. The average Bonchev–Trinajstić information content (AvgIpc) is 3.68. The predicted molar refractivity (Wildman–Crippen MR) is 159 cm³/mol. The van der Waals surface area contributed by atoms with Crippen LogP contribution in [0.2, 0.25) is 0 Å². The lowest BCUT2D eigenvalue weighted by Crippen LogP contribution is -2.60. The molecule has 7 nitrogen and oxygen atoms in total. The fourth-order valence-corrected chi connectivity index (χ4v) is 9.21. The number of fused-ring (bicyclic) bond motifs is 4. The molecular formula is C32H21Cl2F5N2O5S. The molecule has 1 aromatic heterocycles. The predicted octanol–water partition coefficient (Wildman–Crippen LogP) is 6.22. The molecule has 2 aromatic carbocycles. The first-order valence-electron chi connectivity index (χ1n) is 14.3. The Labute approximate surface area is 277 Å². The van der Waals surface area contributed by atoms with Gasteiger partial charge in [-0.05, 0) is 54.3 Å². The number of benzene rings is 2. The summed E-state index contributed by atoms with van der Waals surface area (Å²) >= 11 is 15.5. The number of aryl methyl sites for hydroxylation is 1. The number of nitrogens with zero attached hydrogens (tertiary/aromatic N) is 2. The van der Waals surface area contributed by atoms with Gasteiger partial charge in [0, 0.05) is 10.8 Å². The van der Waals surface area contributed by atoms with Crippen molar-refractivity contribution < 1.29 is 46.2 Å². The number of allylic oxidation sites excluding steroid dienone is 2. The monoisotopic (exact) mass is 710 g/mol. The van der Waals surface area contributed by atoms with Crippen molar-refractivity contribution in [3.63, 3.8) is 0 Å². The summed E-state index contributed by atoms with van der Waals surface area (Å²) in [4.78, 5) is 52.4. The first kappa shape index (κ1) is 31.8. The van der Waals surface area contributed by atoms with Crippen LogP contribution < -0.4 is 4.90 Å². The Morgan fingerprint density at radius 2 is 1.57 bits per heavy atom. The van der Waals surface area contributed by atoms with Gasteiger partial charge in [-0.15, -0.1) is 34.5 Å². The molecular weight excluding hydrogens is 690 g/mol. The van der Waals surface area contributed by atoms with Crippen molar-refractivity contribution in [1.82, 2.24) is 4.90 Å². The van der Waals surface area contributed by atoms with Crippen LogP contribution in [-0.2, 0) is 25.7 Å². The van der Waals surface area contributed by atoms with Crippen molar-refractivity contribution >= 4 is 63.9 Å². The summed E-state index contributed by atoms with van der Waals surface area (Å²) in [5.41, 5.74) is -0.984. The van der Waals surface area contributed by atoms with Crippen LogP contribution in [0.4, 0.5) is 27.6 Å². The number of aromatic hydroxyl groups is 1. The number of halogens is 7. The molecule has 1 N–H and O–H groups in total. The summed E-state index contributed by atoms with van der Waals surface area (Å²) < 4.78 is 72.9. The first-order valence-corrected chi connectivity index (χ1v) is 15.9. The Bertz CT molecular complexity index is 1950. The van der Waals surface area contributed by atoms with E-state index in [4.69, 9.17) is 23.2 Å². The minimum atomic E-state index is -2.62. The van der Waals surface area contributed by atoms with Crippen molar-refractivity contribution in [2.45, 2.75) is 42.0 Å². The standard InChI is InChI=1S/C32H21Cl2F5N2O5S/c1-12-9-13(4-7-18(12)42)20-15-5-6-16-19(28(44)40(27(16)43)11-14-3-2-8-47-14)17(15)10-31(33)29(45)41(30(46)32(20,31)34)26-24(38)22(36)21(35)23(37)25(26)39/h2-5,7-9,16-17,19-20,42H,6,10-11H2,1H3/t16-,17+,19-,20-,31+,32-/m0/s1. The smallest absolute Gasteiger partial charge is 0.258 e. The van der Waals surface area contributed by atoms with Gasteiger partial charge >= 0.3 is 0 Å². The average molecular weight is 711 g/mol. The normalized spacial score (nSPS) is 30.1. The third kappa shape index (κ3) is 4.08. The molecule has 2 saturated heterocycles. The van der Waals surface area contributed by atoms with Gasteiger partial charge in [-0.3, -0.25) is 24.1 Å². The molecule has 1 saturated carbocycles. The number of thiophene rings is 1. The van der Waals surface area contributed by atoms with E-state index in [2.05, 4.69) is 0 Å². The van der Waals surface area contributed by atoms with Gasteiger partial charge in [0.25, 0.3) is 11.8 Å². The summed E-state index contributed by atoms with van der Waals surface area (Å²) in [7, 11) is 0. The number of rotatable bonds is 4. The highest BCUT2D eigenvalue weighted by Crippen LogP contribution is 2.66. The van der Waals surface area contributed by atoms with Gasteiger partial charge in [-0.2, -0.15) is 0 Å². The Morgan fingerprint density at radius 3 is 2.19 bits per heavy atom. The number of phenols is 1. The van der Waals surface area contributed by atoms with Crippen LogP contribution in [0, 0.1) is 53.8 Å². The molecule has 2 aliphatic heterocycles. The lowest BCUT2D eigenvalue weighted by atomic mass is 9.56. The summed E-state index contributed by atoms with van der Waals surface area (Å²) in [6, 6.07) is 7.63. The number of carbonyl (C=O) groups is 4. The highest BCUT2D eigenvalue weighted by molar-refractivity contribution is 7.09. The molecule has 15 heteroatoms. The summed E-state index contributed by atoms with van der Waals surface area (Å²) in [6.45, 7) is 1.53. The van der Waals surface area contributed by atoms with Crippen LogP contribution in [-0.4, -0.2) is 43.4 Å². The number of likely N-dealkylation sites (tertiary alicyclic amines) is 1. The molecule has 0 radical (unpaired) electrons. The van der Waals surface area contributed by atoms with Gasteiger partial charge in [-0.25, -0.2) is 26.9 Å². The molecule has 3 aromatic rings. The van der Waals surface area contributed by atoms with Crippen LogP contribution in [0.1, 0.15) is 34.8 Å². The van der Waals surface area contributed by atoms with Crippen LogP contribution in [0.5, 0.6) is 5.75 Å². The van der Waals surface area contributed by atoms with E-state index in [-0.39, 0.29) is 29.2 Å². The van der Waals surface area contributed by atoms with E-state index in [0.717, 1.165) is 9.78 Å². The van der Waals surface area contributed by atoms with E-state index < -0.39 is 98.2 Å². The van der Waals surface area contributed by atoms with Crippen LogP contribution in [0.15, 0.2) is 47.4 Å². The largest absolute Gasteiger partial charge is 0.508 e. The molecule has 4 amide bonds. The van der Waals surface area contributed by atoms with Gasteiger partial charge in [0.1, 0.15) is 11.4 Å². The van der Waals surface area contributed by atoms with E-state index in [1.165, 1.54) is 36.5 Å². The summed E-state index contributed by atoms with van der Waals surface area (Å²) in [5.74, 6) is -20.8. The van der Waals surface area contributed by atoms with Crippen molar-refractivity contribution in [2.75, 3.05) is 4.90 Å². The van der Waals surface area contributed by atoms with Gasteiger partial charge < -0.3 is 5.11 Å². The van der Waals surface area contributed by atoms with Gasteiger partial charge in [0.05, 0.1) is 18.4 Å². The third-order valence-electron chi connectivity index (χ3n) is 9.76. The Balaban J connectivity index is 1.42. The third-order valence-corrected chi connectivity index (χ3v) is 12.0. The number of amides is 4. The maximum atomic E-state index is 15.1. The second-order valence-electron chi connectivity index (χ2n) is 12.1. The van der Waals surface area contributed by atoms with Crippen LogP contribution in [0.3, 0.4) is 0 Å². The number of anilines is 1. The molecule has 2 aliphatic carbocycles. The SMILES string of the molecule is Cc1cc([C@H]2C3=CC[C@@H]4C(=O)N(Cc5cccs5)C(=O)[C@@H]4[C@@H]3C[C@@]3(Cl)C(=O)N(c4c(F)c(F)c(F)c(F)c4F)C(=O)[C@@]23Cl)ccc1O. The maximum absolute atomic E-state index is 15.1. The molecule has 244 valence electrons. The lowest BCUT2D eigenvalue weighted by Gasteiger charge is -2.50. The molecule has 4 aliphatic rings.